The predicted octanol–water partition coefficient (Wildman–Crippen LogP) is 12.2. The number of phenolic OH excluding ortho intramolecular Hbond substituents is 2. The van der Waals surface area contributed by atoms with Crippen LogP contribution in [-0.2, 0) is 23.6 Å². The van der Waals surface area contributed by atoms with Gasteiger partial charge in [0.2, 0.25) is 6.41 Å². The monoisotopic (exact) mass is 1130 g/mol. The lowest BCUT2D eigenvalue weighted by Crippen LogP contribution is -2.48. The van der Waals surface area contributed by atoms with Crippen molar-refractivity contribution < 1.29 is 28.5 Å². The molecule has 5 aromatic carbocycles. The van der Waals surface area contributed by atoms with Crippen molar-refractivity contribution in [2.75, 3.05) is 81.3 Å². The number of nitrogens with zero attached hydrogens (tertiary/aromatic N) is 10. The number of aryl methyl sites for hydroxylation is 2. The van der Waals surface area contributed by atoms with Crippen LogP contribution in [0.15, 0.2) is 127 Å². The lowest BCUT2D eigenvalue weighted by Gasteiger charge is -2.38. The van der Waals surface area contributed by atoms with Crippen LogP contribution < -0.4 is 20.4 Å². The number of fused-ring (bicyclic) bond motifs is 1. The summed E-state index contributed by atoms with van der Waals surface area (Å²) in [5.74, 6) is -0.365. The molecule has 0 radical (unpaired) electrons. The number of carbonyl (C=O) groups excluding carboxylic acids is 1. The fraction of sp³-hybridized carbons (Fsp3) is 0.311. The number of carbonyl (C=O) groups is 1. The normalized spacial score (nSPS) is 13.6. The van der Waals surface area contributed by atoms with Gasteiger partial charge in [0.05, 0.1) is 46.3 Å². The zero-order valence-electron chi connectivity index (χ0n) is 47.0. The average molecular weight is 1130 g/mol. The van der Waals surface area contributed by atoms with Gasteiger partial charge in [0.15, 0.2) is 0 Å². The number of hydrogen-bond donors (Lipinski definition) is 2. The van der Waals surface area contributed by atoms with E-state index in [9.17, 15) is 24.2 Å². The second-order valence-electron chi connectivity index (χ2n) is 19.2. The van der Waals surface area contributed by atoms with Crippen molar-refractivity contribution >= 4 is 57.7 Å². The van der Waals surface area contributed by atoms with E-state index in [0.717, 1.165) is 48.6 Å². The molecule has 10 rings (SSSR count). The maximum atomic E-state index is 15.2. The molecule has 0 bridgehead atoms. The quantitative estimate of drug-likeness (QED) is 0.113. The molecule has 2 aliphatic heterocycles. The molecule has 2 aliphatic rings. The van der Waals surface area contributed by atoms with E-state index in [4.69, 9.17) is 27.9 Å². The number of anilines is 3. The molecule has 0 spiro atoms. The van der Waals surface area contributed by atoms with Crippen molar-refractivity contribution in [2.24, 2.45) is 14.1 Å². The Balaban J connectivity index is 0.000000222. The van der Waals surface area contributed by atoms with Gasteiger partial charge in [0.25, 0.3) is 0 Å². The van der Waals surface area contributed by atoms with Gasteiger partial charge in [-0.3, -0.25) is 23.8 Å². The number of amides is 1. The number of halogens is 4. The van der Waals surface area contributed by atoms with Gasteiger partial charge in [0, 0.05) is 138 Å². The van der Waals surface area contributed by atoms with E-state index in [-0.39, 0.29) is 22.2 Å². The Morgan fingerprint density at radius 2 is 1.25 bits per heavy atom. The van der Waals surface area contributed by atoms with E-state index in [1.165, 1.54) is 38.3 Å². The summed E-state index contributed by atoms with van der Waals surface area (Å²) in [7, 11) is 7.22. The molecular formula is C61H70Cl2F2N10O5. The highest BCUT2D eigenvalue weighted by atomic mass is 35.5. The first-order valence-corrected chi connectivity index (χ1v) is 27.5. The highest BCUT2D eigenvalue weighted by Gasteiger charge is 2.25. The van der Waals surface area contributed by atoms with Crippen LogP contribution in [0, 0.1) is 11.6 Å². The zero-order chi connectivity index (χ0) is 57.9. The number of benzene rings is 5. The lowest BCUT2D eigenvalue weighted by atomic mass is 9.95. The number of rotatable bonds is 12. The Bertz CT molecular complexity index is 3530. The van der Waals surface area contributed by atoms with Gasteiger partial charge in [-0.1, -0.05) is 63.0 Å². The van der Waals surface area contributed by atoms with Gasteiger partial charge in [-0.2, -0.15) is 5.10 Å². The molecule has 0 atom stereocenters. The molecule has 15 nitrogen and oxygen atoms in total. The van der Waals surface area contributed by atoms with Crippen molar-refractivity contribution in [1.82, 2.24) is 33.7 Å². The van der Waals surface area contributed by atoms with E-state index in [1.807, 2.05) is 73.2 Å². The first-order chi connectivity index (χ1) is 38.5. The van der Waals surface area contributed by atoms with Crippen LogP contribution in [0.1, 0.15) is 41.5 Å². The molecule has 2 fully saturated rings. The van der Waals surface area contributed by atoms with E-state index in [0.29, 0.717) is 99.7 Å². The highest BCUT2D eigenvalue weighted by molar-refractivity contribution is 6.34. The van der Waals surface area contributed by atoms with Gasteiger partial charge in [-0.25, -0.2) is 18.6 Å². The minimum absolute atomic E-state index is 0.0583. The number of phenols is 2. The van der Waals surface area contributed by atoms with Gasteiger partial charge in [-0.15, -0.1) is 0 Å². The maximum absolute atomic E-state index is 15.2. The Hall–Kier alpha value is -7.70. The Morgan fingerprint density at radius 1 is 0.675 bits per heavy atom. The molecule has 2 saturated heterocycles. The molecule has 80 heavy (non-hydrogen) atoms. The molecule has 0 unspecified atom stereocenters. The van der Waals surface area contributed by atoms with Gasteiger partial charge in [0.1, 0.15) is 29.0 Å². The number of aromatic hydroxyl groups is 2. The molecule has 1 amide bonds. The molecule has 0 aliphatic carbocycles. The second-order valence-corrected chi connectivity index (χ2v) is 20.0. The third-order valence-electron chi connectivity index (χ3n) is 13.7. The summed E-state index contributed by atoms with van der Waals surface area (Å²) in [6.45, 7) is 18.7. The fourth-order valence-electron chi connectivity index (χ4n) is 9.53. The number of hydrogen-bond acceptors (Lipinski definition) is 11. The molecule has 8 aromatic rings. The minimum Gasteiger partial charge on any atom is -0.507 e. The Labute approximate surface area is 476 Å². The van der Waals surface area contributed by atoms with Crippen LogP contribution in [0.3, 0.4) is 0 Å². The van der Waals surface area contributed by atoms with Gasteiger partial charge < -0.3 is 34.2 Å². The van der Waals surface area contributed by atoms with Crippen molar-refractivity contribution in [2.45, 2.75) is 47.6 Å². The van der Waals surface area contributed by atoms with Crippen LogP contribution in [-0.4, -0.2) is 123 Å². The van der Waals surface area contributed by atoms with Crippen molar-refractivity contribution in [3.8, 4) is 61.7 Å². The van der Waals surface area contributed by atoms with Gasteiger partial charge in [-0.05, 0) is 109 Å². The molecule has 19 heteroatoms. The molecular weight excluding hydrogens is 1060 g/mol. The number of morpholine rings is 1. The van der Waals surface area contributed by atoms with Crippen LogP contribution in [0.2, 0.25) is 10.0 Å². The summed E-state index contributed by atoms with van der Waals surface area (Å²) in [6, 6.07) is 23.2. The lowest BCUT2D eigenvalue weighted by molar-refractivity contribution is -0.107. The highest BCUT2D eigenvalue weighted by Crippen LogP contribution is 2.44. The summed E-state index contributed by atoms with van der Waals surface area (Å²) >= 11 is 13.1. The van der Waals surface area contributed by atoms with E-state index >= 15 is 4.39 Å². The van der Waals surface area contributed by atoms with Crippen molar-refractivity contribution in [1.29, 1.82) is 0 Å². The largest absolute Gasteiger partial charge is 0.507 e. The second kappa shape index (κ2) is 27.0. The molecule has 3 aromatic heterocycles. The summed E-state index contributed by atoms with van der Waals surface area (Å²) in [5.41, 5.74) is 6.35. The zero-order valence-corrected chi connectivity index (χ0v) is 48.5. The maximum Gasteiger partial charge on any atom is 0.332 e. The SMILES string of the molecule is CC.CC.CC(C)N1CCN(c2cc(-c3cc(F)cc(-c4ccc(N(C=O)/C=C\N(C)C)c(Cl)c4)c3O)cc3c2cnn3C)CC1.Cn1ccn(-c2ccc(-c3cc(F)cc(-c4ccnc(N5CCOCC5)c4)c3O)cc2Cl)c1=O. The number of aromatic nitrogens is 5. The smallest absolute Gasteiger partial charge is 0.332 e. The standard InChI is InChI=1S/C32H36ClFN6O2.C25H22ClFN4O3.2C2H6/c1-21(2)38-10-12-39(13-11-38)31-16-23(15-30-27(31)19-35-37(30)5)26-18-24(34)17-25(32(26)42)22-6-7-29(28(33)14-22)40(20-41)9-8-36(3)4;1-29-6-7-31(25(29)33)22-3-2-16(12-21(22)26)19-14-18(27)15-20(24(19)32)17-4-5-28-23(13-17)30-8-10-34-11-9-30;2*1-2/h6-9,14-21,42H,10-13H2,1-5H3;2-7,12-15,32H,8-11H2,1H3;2*1-2H3/b9-8-;;;. The fourth-order valence-corrected chi connectivity index (χ4v) is 10.1. The molecule has 0 saturated carbocycles. The number of pyridine rings is 1. The van der Waals surface area contributed by atoms with Crippen molar-refractivity contribution in [3.05, 3.63) is 154 Å². The summed E-state index contributed by atoms with van der Waals surface area (Å²) in [5, 5.41) is 28.7. The minimum atomic E-state index is -0.494. The van der Waals surface area contributed by atoms with E-state index in [1.54, 1.807) is 90.1 Å². The third-order valence-corrected chi connectivity index (χ3v) is 14.3. The number of piperazine rings is 1. The van der Waals surface area contributed by atoms with Crippen LogP contribution >= 0.6 is 23.2 Å². The van der Waals surface area contributed by atoms with E-state index in [2.05, 4.69) is 38.6 Å². The first-order valence-electron chi connectivity index (χ1n) is 26.7. The van der Waals surface area contributed by atoms with E-state index < -0.39 is 11.6 Å². The van der Waals surface area contributed by atoms with Gasteiger partial charge >= 0.3 is 5.69 Å². The summed E-state index contributed by atoms with van der Waals surface area (Å²) in [4.78, 5) is 38.5. The molecule has 2 N–H and O–H groups in total. The number of ether oxygens (including phenoxy) is 1. The predicted molar refractivity (Wildman–Crippen MR) is 321 cm³/mol. The average Bonchev–Trinajstić information content (AvgIpc) is 4.06. The van der Waals surface area contributed by atoms with Crippen LogP contribution in [0.4, 0.5) is 26.0 Å². The first kappa shape index (κ1) is 60.0. The molecule has 422 valence electrons. The third kappa shape index (κ3) is 13.3. The summed E-state index contributed by atoms with van der Waals surface area (Å²) < 4.78 is 39.9. The van der Waals surface area contributed by atoms with Crippen LogP contribution in [0.25, 0.3) is 61.1 Å². The number of imidazole rings is 1. The summed E-state index contributed by atoms with van der Waals surface area (Å²) in [6.07, 6.45) is 10.7. The Morgan fingerprint density at radius 3 is 1.79 bits per heavy atom. The van der Waals surface area contributed by atoms with Crippen LogP contribution in [0.5, 0.6) is 11.5 Å². The molecule has 5 heterocycles. The van der Waals surface area contributed by atoms with Crippen molar-refractivity contribution in [3.63, 3.8) is 0 Å². The topological polar surface area (TPSA) is 141 Å². The Kier molecular flexibility index (Phi) is 20.2.